The molecule has 0 fully saturated rings. The topological polar surface area (TPSA) is 34.1 Å². The van der Waals surface area contributed by atoms with Gasteiger partial charge in [-0.15, -0.1) is 0 Å². The molecule has 2 heteroatoms. The predicted octanol–water partition coefficient (Wildman–Crippen LogP) is 2.90. The number of hydrogen-bond acceptors (Lipinski definition) is 2. The molecule has 0 amide bonds. The van der Waals surface area contributed by atoms with Crippen LogP contribution < -0.4 is 0 Å². The summed E-state index contributed by atoms with van der Waals surface area (Å²) in [5, 5.41) is 0. The monoisotopic (exact) mass is 184 g/mol. The quantitative estimate of drug-likeness (QED) is 0.429. The summed E-state index contributed by atoms with van der Waals surface area (Å²) in [5.41, 5.74) is 0. The minimum atomic E-state index is -0.213. The van der Waals surface area contributed by atoms with Gasteiger partial charge in [0.2, 0.25) is 0 Å². The van der Waals surface area contributed by atoms with E-state index in [1.807, 2.05) is 0 Å². The van der Waals surface area contributed by atoms with Gasteiger partial charge < -0.3 is 0 Å². The highest BCUT2D eigenvalue weighted by atomic mass is 16.2. The van der Waals surface area contributed by atoms with Crippen molar-refractivity contribution in [2.75, 3.05) is 0 Å². The number of Topliss-reactive ketones (excluding diaryl/α,β-unsaturated/α-hetero) is 2. The van der Waals surface area contributed by atoms with Crippen molar-refractivity contribution in [2.24, 2.45) is 0 Å². The lowest BCUT2D eigenvalue weighted by atomic mass is 10.1. The molecular formula is C11H20O2. The van der Waals surface area contributed by atoms with Crippen LogP contribution in [0, 0.1) is 0 Å². The maximum Gasteiger partial charge on any atom is 0.198 e. The van der Waals surface area contributed by atoms with Gasteiger partial charge in [-0.05, 0) is 6.42 Å². The van der Waals surface area contributed by atoms with Crippen LogP contribution in [0.2, 0.25) is 0 Å². The fourth-order valence-electron chi connectivity index (χ4n) is 1.23. The van der Waals surface area contributed by atoms with Gasteiger partial charge in [-0.1, -0.05) is 39.5 Å². The normalized spacial score (nSPS) is 10.0. The molecule has 0 N–H and O–H groups in total. The van der Waals surface area contributed by atoms with Crippen LogP contribution in [0.5, 0.6) is 0 Å². The Labute approximate surface area is 80.7 Å². The highest BCUT2D eigenvalue weighted by molar-refractivity contribution is 6.37. The number of rotatable bonds is 8. The van der Waals surface area contributed by atoms with Gasteiger partial charge in [-0.25, -0.2) is 0 Å². The molecule has 0 aliphatic carbocycles. The van der Waals surface area contributed by atoms with Crippen LogP contribution in [-0.2, 0) is 9.59 Å². The molecule has 0 aromatic carbocycles. The van der Waals surface area contributed by atoms with Gasteiger partial charge >= 0.3 is 0 Å². The Morgan fingerprint density at radius 3 is 2.00 bits per heavy atom. The van der Waals surface area contributed by atoms with E-state index in [1.165, 1.54) is 19.3 Å². The molecule has 0 aliphatic heterocycles. The summed E-state index contributed by atoms with van der Waals surface area (Å²) in [6, 6.07) is 0. The zero-order valence-electron chi connectivity index (χ0n) is 8.77. The van der Waals surface area contributed by atoms with Gasteiger partial charge in [0.25, 0.3) is 0 Å². The molecule has 0 aromatic rings. The van der Waals surface area contributed by atoms with Crippen LogP contribution in [0.3, 0.4) is 0 Å². The minimum Gasteiger partial charge on any atom is -0.291 e. The maximum atomic E-state index is 11.1. The van der Waals surface area contributed by atoms with E-state index >= 15 is 0 Å². The van der Waals surface area contributed by atoms with Crippen molar-refractivity contribution < 1.29 is 9.59 Å². The predicted molar refractivity (Wildman–Crippen MR) is 53.7 cm³/mol. The van der Waals surface area contributed by atoms with Crippen molar-refractivity contribution in [3.8, 4) is 0 Å². The van der Waals surface area contributed by atoms with Gasteiger partial charge in [-0.2, -0.15) is 0 Å². The van der Waals surface area contributed by atoms with Gasteiger partial charge in [0.15, 0.2) is 11.6 Å². The zero-order valence-corrected chi connectivity index (χ0v) is 8.77. The Morgan fingerprint density at radius 2 is 1.46 bits per heavy atom. The maximum absolute atomic E-state index is 11.1. The van der Waals surface area contributed by atoms with Gasteiger partial charge in [0.1, 0.15) is 0 Å². The highest BCUT2D eigenvalue weighted by Gasteiger charge is 2.09. The van der Waals surface area contributed by atoms with Crippen molar-refractivity contribution >= 4 is 11.6 Å². The Balaban J connectivity index is 3.32. The van der Waals surface area contributed by atoms with Gasteiger partial charge in [0, 0.05) is 12.8 Å². The average Bonchev–Trinajstić information content (AvgIpc) is 2.16. The first kappa shape index (κ1) is 12.3. The van der Waals surface area contributed by atoms with E-state index in [2.05, 4.69) is 6.92 Å². The minimum absolute atomic E-state index is 0.181. The van der Waals surface area contributed by atoms with Crippen molar-refractivity contribution in [1.29, 1.82) is 0 Å². The molecule has 0 spiro atoms. The van der Waals surface area contributed by atoms with E-state index in [9.17, 15) is 9.59 Å². The van der Waals surface area contributed by atoms with E-state index in [4.69, 9.17) is 0 Å². The standard InChI is InChI=1S/C11H20O2/c1-3-5-6-7-8-9-11(13)10(12)4-2/h3-9H2,1-2H3. The molecule has 0 aliphatic rings. The van der Waals surface area contributed by atoms with Crippen LogP contribution in [0.25, 0.3) is 0 Å². The summed E-state index contributed by atoms with van der Waals surface area (Å²) in [6.45, 7) is 3.89. The summed E-state index contributed by atoms with van der Waals surface area (Å²) in [4.78, 5) is 21.9. The van der Waals surface area contributed by atoms with E-state index in [0.717, 1.165) is 12.8 Å². The van der Waals surface area contributed by atoms with Crippen LogP contribution in [0.4, 0.5) is 0 Å². The molecule has 0 bridgehead atoms. The molecule has 0 aromatic heterocycles. The lowest BCUT2D eigenvalue weighted by Gasteiger charge is -1.98. The Hall–Kier alpha value is -0.660. The summed E-state index contributed by atoms with van der Waals surface area (Å²) >= 11 is 0. The van der Waals surface area contributed by atoms with Crippen molar-refractivity contribution in [3.63, 3.8) is 0 Å². The molecule has 0 radical (unpaired) electrons. The van der Waals surface area contributed by atoms with Crippen molar-refractivity contribution in [3.05, 3.63) is 0 Å². The molecule has 0 saturated carbocycles. The third kappa shape index (κ3) is 6.50. The van der Waals surface area contributed by atoms with Crippen LogP contribution in [0.15, 0.2) is 0 Å². The van der Waals surface area contributed by atoms with Gasteiger partial charge in [0.05, 0.1) is 0 Å². The Bertz CT molecular complexity index is 161. The number of unbranched alkanes of at least 4 members (excludes halogenated alkanes) is 4. The van der Waals surface area contributed by atoms with Crippen LogP contribution >= 0.6 is 0 Å². The SMILES string of the molecule is CCCCCCCC(=O)C(=O)CC. The largest absolute Gasteiger partial charge is 0.291 e. The number of carbonyl (C=O) groups is 2. The van der Waals surface area contributed by atoms with Crippen molar-refractivity contribution in [2.45, 2.75) is 58.8 Å². The van der Waals surface area contributed by atoms with Crippen LogP contribution in [-0.4, -0.2) is 11.6 Å². The van der Waals surface area contributed by atoms with E-state index < -0.39 is 0 Å². The van der Waals surface area contributed by atoms with Gasteiger partial charge in [-0.3, -0.25) is 9.59 Å². The number of ketones is 2. The first-order valence-electron chi connectivity index (χ1n) is 5.28. The van der Waals surface area contributed by atoms with Crippen LogP contribution in [0.1, 0.15) is 58.8 Å². The fraction of sp³-hybridized carbons (Fsp3) is 0.818. The molecule has 13 heavy (non-hydrogen) atoms. The average molecular weight is 184 g/mol. The summed E-state index contributed by atoms with van der Waals surface area (Å²) in [6.07, 6.45) is 6.40. The summed E-state index contributed by atoms with van der Waals surface area (Å²) < 4.78 is 0. The second kappa shape index (κ2) is 7.96. The second-order valence-electron chi connectivity index (χ2n) is 3.36. The number of hydrogen-bond donors (Lipinski definition) is 0. The molecule has 2 nitrogen and oxygen atoms in total. The molecule has 0 rings (SSSR count). The first-order chi connectivity index (χ1) is 6.22. The third-order valence-corrected chi connectivity index (χ3v) is 2.14. The second-order valence-corrected chi connectivity index (χ2v) is 3.36. The molecule has 0 unspecified atom stereocenters. The summed E-state index contributed by atoms with van der Waals surface area (Å²) in [7, 11) is 0. The molecule has 0 saturated heterocycles. The summed E-state index contributed by atoms with van der Waals surface area (Å²) in [5.74, 6) is -0.394. The van der Waals surface area contributed by atoms with Crippen molar-refractivity contribution in [1.82, 2.24) is 0 Å². The van der Waals surface area contributed by atoms with E-state index in [1.54, 1.807) is 6.92 Å². The Morgan fingerprint density at radius 1 is 0.846 bits per heavy atom. The highest BCUT2D eigenvalue weighted by Crippen LogP contribution is 2.05. The molecular weight excluding hydrogens is 164 g/mol. The number of carbonyl (C=O) groups excluding carboxylic acids is 2. The lowest BCUT2D eigenvalue weighted by molar-refractivity contribution is -0.136. The first-order valence-corrected chi connectivity index (χ1v) is 5.28. The van der Waals surface area contributed by atoms with E-state index in [-0.39, 0.29) is 11.6 Å². The fourth-order valence-corrected chi connectivity index (χ4v) is 1.23. The third-order valence-electron chi connectivity index (χ3n) is 2.14. The molecule has 0 atom stereocenters. The van der Waals surface area contributed by atoms with E-state index in [0.29, 0.717) is 12.8 Å². The molecule has 76 valence electrons. The lowest BCUT2D eigenvalue weighted by Crippen LogP contribution is -2.11. The Kier molecular flexibility index (Phi) is 7.56. The zero-order chi connectivity index (χ0) is 10.1. The smallest absolute Gasteiger partial charge is 0.198 e. The molecule has 0 heterocycles.